The van der Waals surface area contributed by atoms with E-state index in [0.29, 0.717) is 36.3 Å². The predicted octanol–water partition coefficient (Wildman–Crippen LogP) is 5.10. The van der Waals surface area contributed by atoms with Crippen LogP contribution >= 0.6 is 0 Å². The molecule has 1 unspecified atom stereocenters. The lowest BCUT2D eigenvalue weighted by Crippen LogP contribution is -2.46. The Hall–Kier alpha value is -2.68. The summed E-state index contributed by atoms with van der Waals surface area (Å²) in [4.78, 5) is 12.6. The number of halogens is 3. The van der Waals surface area contributed by atoms with Crippen molar-refractivity contribution in [2.24, 2.45) is 5.41 Å². The summed E-state index contributed by atoms with van der Waals surface area (Å²) in [5.74, 6) is 0.535. The normalized spacial score (nSPS) is 20.8. The van der Waals surface area contributed by atoms with Crippen LogP contribution in [0.3, 0.4) is 0 Å². The van der Waals surface area contributed by atoms with E-state index in [0.717, 1.165) is 12.1 Å². The van der Waals surface area contributed by atoms with Crippen molar-refractivity contribution in [1.29, 1.82) is 0 Å². The maximum absolute atomic E-state index is 13.0. The van der Waals surface area contributed by atoms with Gasteiger partial charge in [0.05, 0.1) is 18.2 Å². The number of nitrogens with zero attached hydrogens (tertiary/aromatic N) is 1. The molecule has 0 aliphatic carbocycles. The van der Waals surface area contributed by atoms with Gasteiger partial charge in [-0.05, 0) is 49.6 Å². The Balaban J connectivity index is 1.95. The fourth-order valence-corrected chi connectivity index (χ4v) is 3.96. The number of ether oxygens (including phenoxy) is 1. The van der Waals surface area contributed by atoms with Crippen LogP contribution in [0.5, 0.6) is 5.75 Å². The van der Waals surface area contributed by atoms with E-state index < -0.39 is 29.4 Å². The van der Waals surface area contributed by atoms with Gasteiger partial charge in [0.15, 0.2) is 0 Å². The number of furan rings is 1. The largest absolute Gasteiger partial charge is 0.496 e. The molecular weight excluding hydrogens is 403 g/mol. The summed E-state index contributed by atoms with van der Waals surface area (Å²) in [7, 11) is 1.27. The van der Waals surface area contributed by atoms with Crippen molar-refractivity contribution in [3.63, 3.8) is 0 Å². The lowest BCUT2D eigenvalue weighted by molar-refractivity contribution is -0.137. The third-order valence-electron chi connectivity index (χ3n) is 5.64. The van der Waals surface area contributed by atoms with Crippen molar-refractivity contribution in [2.45, 2.75) is 39.0 Å². The van der Waals surface area contributed by atoms with Gasteiger partial charge in [0.2, 0.25) is 0 Å². The number of hydrogen-bond donors (Lipinski definition) is 2. The maximum atomic E-state index is 13.0. The summed E-state index contributed by atoms with van der Waals surface area (Å²) in [6, 6.07) is 4.75. The summed E-state index contributed by atoms with van der Waals surface area (Å²) < 4.78 is 50.0. The van der Waals surface area contributed by atoms with Crippen molar-refractivity contribution < 1.29 is 37.3 Å². The maximum Gasteiger partial charge on any atom is 0.416 e. The average molecular weight is 427 g/mol. The van der Waals surface area contributed by atoms with Crippen LogP contribution in [0.1, 0.15) is 42.8 Å². The topological polar surface area (TPSA) is 83.1 Å². The minimum absolute atomic E-state index is 0.00393. The second kappa shape index (κ2) is 7.86. The Morgan fingerprint density at radius 2 is 2.03 bits per heavy atom. The third kappa shape index (κ3) is 4.12. The molecule has 164 valence electrons. The van der Waals surface area contributed by atoms with Gasteiger partial charge < -0.3 is 24.3 Å². The summed E-state index contributed by atoms with van der Waals surface area (Å²) >= 11 is 0. The molecule has 2 aromatic rings. The number of methoxy groups -OCH3 is 1. The Morgan fingerprint density at radius 1 is 1.33 bits per heavy atom. The van der Waals surface area contributed by atoms with Crippen LogP contribution in [0, 0.1) is 12.3 Å². The number of aliphatic hydroxyl groups is 1. The Morgan fingerprint density at radius 3 is 2.63 bits per heavy atom. The van der Waals surface area contributed by atoms with E-state index >= 15 is 0 Å². The number of hydrogen-bond acceptors (Lipinski definition) is 4. The highest BCUT2D eigenvalue weighted by atomic mass is 19.4. The van der Waals surface area contributed by atoms with Crippen molar-refractivity contribution in [1.82, 2.24) is 4.90 Å². The molecule has 1 aliphatic rings. The molecule has 0 saturated carbocycles. The van der Waals surface area contributed by atoms with E-state index in [-0.39, 0.29) is 18.1 Å². The molecule has 2 N–H and O–H groups in total. The van der Waals surface area contributed by atoms with Gasteiger partial charge in [-0.3, -0.25) is 0 Å². The molecule has 1 saturated heterocycles. The van der Waals surface area contributed by atoms with Crippen LogP contribution < -0.4 is 4.74 Å². The number of aryl methyl sites for hydroxylation is 1. The molecule has 6 nitrogen and oxygen atoms in total. The van der Waals surface area contributed by atoms with Crippen LogP contribution in [0.4, 0.5) is 18.0 Å². The summed E-state index contributed by atoms with van der Waals surface area (Å²) in [6.07, 6.45) is -5.40. The molecule has 3 rings (SSSR count). The van der Waals surface area contributed by atoms with Gasteiger partial charge in [0.25, 0.3) is 0 Å². The molecule has 1 fully saturated rings. The molecule has 1 aliphatic heterocycles. The van der Waals surface area contributed by atoms with Crippen LogP contribution in [0.2, 0.25) is 0 Å². The lowest BCUT2D eigenvalue weighted by atomic mass is 9.76. The fraction of sp³-hybridized carbons (Fsp3) is 0.476. The highest BCUT2D eigenvalue weighted by Crippen LogP contribution is 2.45. The molecule has 2 atom stereocenters. The van der Waals surface area contributed by atoms with E-state index in [1.54, 1.807) is 19.9 Å². The highest BCUT2D eigenvalue weighted by molar-refractivity contribution is 5.70. The van der Waals surface area contributed by atoms with Crippen molar-refractivity contribution in [2.75, 3.05) is 20.2 Å². The molecule has 1 amide bonds. The zero-order chi connectivity index (χ0) is 22.3. The zero-order valence-electron chi connectivity index (χ0n) is 16.9. The quantitative estimate of drug-likeness (QED) is 0.710. The van der Waals surface area contributed by atoms with Crippen LogP contribution in [0.15, 0.2) is 28.7 Å². The minimum Gasteiger partial charge on any atom is -0.496 e. The van der Waals surface area contributed by atoms with Gasteiger partial charge in [-0.1, -0.05) is 6.92 Å². The number of alkyl halides is 3. The second-order valence-corrected chi connectivity index (χ2v) is 7.94. The Bertz CT molecular complexity index is 939. The number of benzene rings is 1. The molecule has 0 bridgehead atoms. The predicted molar refractivity (Wildman–Crippen MR) is 102 cm³/mol. The standard InChI is InChI=1S/C21H24F3NO5/c1-12-9-16(18(26)20(2)7-4-8-25(11-20)19(27)28)30-17(12)14-6-5-13(21(22,23)24)10-15(14)29-3/h5-6,9-10,18,26H,4,7-8,11H2,1-3H3,(H,27,28)/t18-,20?/m0/s1. The number of piperidine rings is 1. The molecule has 1 aromatic carbocycles. The number of rotatable bonds is 4. The monoisotopic (exact) mass is 427 g/mol. The van der Waals surface area contributed by atoms with Gasteiger partial charge in [-0.15, -0.1) is 0 Å². The SMILES string of the molecule is COc1cc(C(F)(F)F)ccc1-c1oc([C@H](O)C2(C)CCCN(C(=O)O)C2)cc1C. The number of likely N-dealkylation sites (tertiary alicyclic amines) is 1. The molecule has 1 aromatic heterocycles. The van der Waals surface area contributed by atoms with Gasteiger partial charge in [0.1, 0.15) is 23.4 Å². The van der Waals surface area contributed by atoms with E-state index in [1.165, 1.54) is 18.1 Å². The highest BCUT2D eigenvalue weighted by Gasteiger charge is 2.41. The first kappa shape index (κ1) is 22.0. The molecule has 30 heavy (non-hydrogen) atoms. The number of carboxylic acid groups (broad SMARTS) is 1. The van der Waals surface area contributed by atoms with E-state index in [1.807, 2.05) is 0 Å². The second-order valence-electron chi connectivity index (χ2n) is 7.94. The van der Waals surface area contributed by atoms with Crippen LogP contribution in [-0.2, 0) is 6.18 Å². The smallest absolute Gasteiger partial charge is 0.416 e. The number of carbonyl (C=O) groups is 1. The van der Waals surface area contributed by atoms with E-state index in [4.69, 9.17) is 9.15 Å². The Kier molecular flexibility index (Phi) is 5.77. The molecule has 2 heterocycles. The molecule has 0 radical (unpaired) electrons. The van der Waals surface area contributed by atoms with Crippen molar-refractivity contribution in [3.8, 4) is 17.1 Å². The first-order chi connectivity index (χ1) is 14.0. The van der Waals surface area contributed by atoms with Gasteiger partial charge in [0, 0.05) is 18.5 Å². The molecule has 0 spiro atoms. The fourth-order valence-electron chi connectivity index (χ4n) is 3.96. The number of aliphatic hydroxyl groups excluding tert-OH is 1. The molecular formula is C21H24F3NO5. The lowest BCUT2D eigenvalue weighted by Gasteiger charge is -2.41. The summed E-state index contributed by atoms with van der Waals surface area (Å²) in [5.41, 5.74) is -0.627. The van der Waals surface area contributed by atoms with Crippen LogP contribution in [-0.4, -0.2) is 41.4 Å². The van der Waals surface area contributed by atoms with Crippen LogP contribution in [0.25, 0.3) is 11.3 Å². The Labute approximate surface area is 171 Å². The minimum atomic E-state index is -4.50. The average Bonchev–Trinajstić information content (AvgIpc) is 3.07. The first-order valence-corrected chi connectivity index (χ1v) is 9.48. The van der Waals surface area contributed by atoms with E-state index in [2.05, 4.69) is 0 Å². The third-order valence-corrected chi connectivity index (χ3v) is 5.64. The number of amides is 1. The van der Waals surface area contributed by atoms with Gasteiger partial charge in [-0.25, -0.2) is 4.79 Å². The van der Waals surface area contributed by atoms with Crippen molar-refractivity contribution in [3.05, 3.63) is 41.2 Å². The molecule has 9 heteroatoms. The first-order valence-electron chi connectivity index (χ1n) is 9.48. The van der Waals surface area contributed by atoms with Gasteiger partial charge in [-0.2, -0.15) is 13.2 Å². The van der Waals surface area contributed by atoms with Crippen molar-refractivity contribution >= 4 is 6.09 Å². The van der Waals surface area contributed by atoms with Gasteiger partial charge >= 0.3 is 12.3 Å². The zero-order valence-corrected chi connectivity index (χ0v) is 16.9. The van der Waals surface area contributed by atoms with E-state index in [9.17, 15) is 28.2 Å². The summed E-state index contributed by atoms with van der Waals surface area (Å²) in [5, 5.41) is 20.3. The summed E-state index contributed by atoms with van der Waals surface area (Å²) in [6.45, 7) is 4.08.